The molecule has 2 rings (SSSR count). The van der Waals surface area contributed by atoms with Crippen molar-refractivity contribution in [3.8, 4) is 11.6 Å². The first-order valence-corrected chi connectivity index (χ1v) is 6.08. The number of rotatable bonds is 4. The summed E-state index contributed by atoms with van der Waals surface area (Å²) < 4.78 is 6.55. The van der Waals surface area contributed by atoms with Crippen molar-refractivity contribution in [3.05, 3.63) is 41.0 Å². The molecule has 2 aromatic rings. The molecule has 0 saturated heterocycles. The number of aromatic nitrogens is 2. The van der Waals surface area contributed by atoms with Gasteiger partial charge >= 0.3 is 0 Å². The molecule has 5 heteroatoms. The standard InChI is InChI=1S/C12H12BrN3O/c1-2-14-12-15-8-7-11(16-12)17-10-6-4-3-5-9(10)13/h3-8H,2H2,1H3,(H,14,15,16). The zero-order valence-corrected chi connectivity index (χ0v) is 10.9. The zero-order valence-electron chi connectivity index (χ0n) is 9.35. The van der Waals surface area contributed by atoms with E-state index in [-0.39, 0.29) is 0 Å². The summed E-state index contributed by atoms with van der Waals surface area (Å²) in [5.41, 5.74) is 0. The average Bonchev–Trinajstić information content (AvgIpc) is 2.33. The Morgan fingerprint density at radius 1 is 1.29 bits per heavy atom. The fraction of sp³-hybridized carbons (Fsp3) is 0.167. The third-order valence-corrected chi connectivity index (χ3v) is 2.67. The number of ether oxygens (including phenoxy) is 1. The lowest BCUT2D eigenvalue weighted by Crippen LogP contribution is -2.02. The normalized spacial score (nSPS) is 10.0. The Morgan fingerprint density at radius 2 is 2.12 bits per heavy atom. The highest BCUT2D eigenvalue weighted by atomic mass is 79.9. The third kappa shape index (κ3) is 3.17. The predicted octanol–water partition coefficient (Wildman–Crippen LogP) is 3.46. The van der Waals surface area contributed by atoms with Crippen molar-refractivity contribution in [2.24, 2.45) is 0 Å². The number of para-hydroxylation sites is 1. The van der Waals surface area contributed by atoms with Crippen LogP contribution in [0.1, 0.15) is 6.92 Å². The van der Waals surface area contributed by atoms with Crippen LogP contribution in [0.15, 0.2) is 41.0 Å². The van der Waals surface area contributed by atoms with Gasteiger partial charge in [0.05, 0.1) is 4.47 Å². The minimum Gasteiger partial charge on any atom is -0.438 e. The van der Waals surface area contributed by atoms with Crippen LogP contribution in [0.5, 0.6) is 11.6 Å². The van der Waals surface area contributed by atoms with Crippen LogP contribution in [0.3, 0.4) is 0 Å². The first kappa shape index (κ1) is 11.9. The maximum Gasteiger partial charge on any atom is 0.225 e. The summed E-state index contributed by atoms with van der Waals surface area (Å²) in [5.74, 6) is 1.81. The summed E-state index contributed by atoms with van der Waals surface area (Å²) in [6.45, 7) is 2.77. The smallest absolute Gasteiger partial charge is 0.225 e. The molecule has 0 bridgehead atoms. The maximum atomic E-state index is 5.66. The maximum absolute atomic E-state index is 5.66. The molecule has 0 amide bonds. The van der Waals surface area contributed by atoms with Gasteiger partial charge in [-0.2, -0.15) is 4.98 Å². The number of hydrogen-bond donors (Lipinski definition) is 1. The predicted molar refractivity (Wildman–Crippen MR) is 70.4 cm³/mol. The van der Waals surface area contributed by atoms with E-state index in [2.05, 4.69) is 31.2 Å². The van der Waals surface area contributed by atoms with Gasteiger partial charge in [-0.25, -0.2) is 4.98 Å². The third-order valence-electron chi connectivity index (χ3n) is 2.02. The van der Waals surface area contributed by atoms with Crippen LogP contribution in [0, 0.1) is 0 Å². The monoisotopic (exact) mass is 293 g/mol. The molecule has 0 saturated carbocycles. The summed E-state index contributed by atoms with van der Waals surface area (Å²) >= 11 is 3.42. The zero-order chi connectivity index (χ0) is 12.1. The molecule has 88 valence electrons. The molecule has 0 unspecified atom stereocenters. The highest BCUT2D eigenvalue weighted by molar-refractivity contribution is 9.10. The van der Waals surface area contributed by atoms with Crippen molar-refractivity contribution >= 4 is 21.9 Å². The van der Waals surface area contributed by atoms with Gasteiger partial charge in [-0.1, -0.05) is 12.1 Å². The highest BCUT2D eigenvalue weighted by Gasteiger charge is 2.03. The van der Waals surface area contributed by atoms with E-state index in [1.807, 2.05) is 31.2 Å². The molecule has 0 atom stereocenters. The van der Waals surface area contributed by atoms with Gasteiger partial charge in [-0.15, -0.1) is 0 Å². The van der Waals surface area contributed by atoms with Gasteiger partial charge in [0.15, 0.2) is 0 Å². The minimum absolute atomic E-state index is 0.517. The van der Waals surface area contributed by atoms with Gasteiger partial charge in [0.1, 0.15) is 5.75 Å². The molecule has 1 heterocycles. The molecule has 0 radical (unpaired) electrons. The number of nitrogens with one attached hydrogen (secondary N) is 1. The number of anilines is 1. The molecular formula is C12H12BrN3O. The molecule has 0 spiro atoms. The van der Waals surface area contributed by atoms with Gasteiger partial charge in [0.25, 0.3) is 0 Å². The van der Waals surface area contributed by atoms with Crippen molar-refractivity contribution < 1.29 is 4.74 Å². The van der Waals surface area contributed by atoms with E-state index in [0.717, 1.165) is 16.8 Å². The Balaban J connectivity index is 2.18. The molecular weight excluding hydrogens is 282 g/mol. The second-order valence-corrected chi connectivity index (χ2v) is 4.14. The fourth-order valence-corrected chi connectivity index (χ4v) is 1.65. The summed E-state index contributed by atoms with van der Waals surface area (Å²) in [6, 6.07) is 9.36. The molecule has 0 aliphatic rings. The van der Waals surface area contributed by atoms with Crippen LogP contribution >= 0.6 is 15.9 Å². The van der Waals surface area contributed by atoms with Crippen LogP contribution in [-0.4, -0.2) is 16.5 Å². The van der Waals surface area contributed by atoms with E-state index in [4.69, 9.17) is 4.74 Å². The Bertz CT molecular complexity index is 505. The SMILES string of the molecule is CCNc1nccc(Oc2ccccc2Br)n1. The molecule has 0 aliphatic heterocycles. The Labute approximate surface area is 108 Å². The van der Waals surface area contributed by atoms with Crippen LogP contribution in [0.25, 0.3) is 0 Å². The molecule has 1 aromatic heterocycles. The van der Waals surface area contributed by atoms with Gasteiger partial charge in [0, 0.05) is 18.8 Å². The van der Waals surface area contributed by atoms with Crippen molar-refractivity contribution in [1.82, 2.24) is 9.97 Å². The van der Waals surface area contributed by atoms with E-state index < -0.39 is 0 Å². The second kappa shape index (κ2) is 5.63. The molecule has 4 nitrogen and oxygen atoms in total. The quantitative estimate of drug-likeness (QED) is 0.938. The topological polar surface area (TPSA) is 47.0 Å². The Morgan fingerprint density at radius 3 is 2.88 bits per heavy atom. The molecule has 0 aliphatic carbocycles. The van der Waals surface area contributed by atoms with E-state index in [0.29, 0.717) is 11.8 Å². The van der Waals surface area contributed by atoms with E-state index in [9.17, 15) is 0 Å². The van der Waals surface area contributed by atoms with Crippen molar-refractivity contribution in [2.45, 2.75) is 6.92 Å². The lowest BCUT2D eigenvalue weighted by atomic mass is 10.3. The lowest BCUT2D eigenvalue weighted by Gasteiger charge is -2.07. The van der Waals surface area contributed by atoms with E-state index in [1.165, 1.54) is 0 Å². The van der Waals surface area contributed by atoms with Crippen molar-refractivity contribution in [2.75, 3.05) is 11.9 Å². The Hall–Kier alpha value is -1.62. The van der Waals surface area contributed by atoms with E-state index in [1.54, 1.807) is 12.3 Å². The second-order valence-electron chi connectivity index (χ2n) is 3.28. The van der Waals surface area contributed by atoms with E-state index >= 15 is 0 Å². The molecule has 1 N–H and O–H groups in total. The number of halogens is 1. The fourth-order valence-electron chi connectivity index (χ4n) is 1.28. The molecule has 1 aromatic carbocycles. The van der Waals surface area contributed by atoms with Crippen LogP contribution in [-0.2, 0) is 0 Å². The molecule has 17 heavy (non-hydrogen) atoms. The minimum atomic E-state index is 0.517. The first-order valence-electron chi connectivity index (χ1n) is 5.29. The number of hydrogen-bond acceptors (Lipinski definition) is 4. The summed E-state index contributed by atoms with van der Waals surface area (Å²) in [5, 5.41) is 3.03. The largest absolute Gasteiger partial charge is 0.438 e. The number of nitrogens with zero attached hydrogens (tertiary/aromatic N) is 2. The summed E-state index contributed by atoms with van der Waals surface area (Å²) in [6.07, 6.45) is 1.66. The van der Waals surface area contributed by atoms with Crippen LogP contribution < -0.4 is 10.1 Å². The van der Waals surface area contributed by atoms with Crippen LogP contribution in [0.2, 0.25) is 0 Å². The first-order chi connectivity index (χ1) is 8.29. The molecule has 0 fully saturated rings. The van der Waals surface area contributed by atoms with Gasteiger partial charge in [-0.05, 0) is 35.0 Å². The highest BCUT2D eigenvalue weighted by Crippen LogP contribution is 2.28. The van der Waals surface area contributed by atoms with Crippen LogP contribution in [0.4, 0.5) is 5.95 Å². The Kier molecular flexibility index (Phi) is 3.93. The summed E-state index contributed by atoms with van der Waals surface area (Å²) in [4.78, 5) is 8.31. The van der Waals surface area contributed by atoms with Gasteiger partial charge in [-0.3, -0.25) is 0 Å². The van der Waals surface area contributed by atoms with Gasteiger partial charge in [0.2, 0.25) is 11.8 Å². The van der Waals surface area contributed by atoms with Crippen molar-refractivity contribution in [3.63, 3.8) is 0 Å². The number of benzene rings is 1. The summed E-state index contributed by atoms with van der Waals surface area (Å²) in [7, 11) is 0. The lowest BCUT2D eigenvalue weighted by molar-refractivity contribution is 0.459. The van der Waals surface area contributed by atoms with Gasteiger partial charge < -0.3 is 10.1 Å². The van der Waals surface area contributed by atoms with Crippen molar-refractivity contribution in [1.29, 1.82) is 0 Å². The average molecular weight is 294 g/mol.